The van der Waals surface area contributed by atoms with Crippen molar-refractivity contribution < 1.29 is 5.11 Å². The van der Waals surface area contributed by atoms with Crippen LogP contribution in [0.5, 0.6) is 0 Å². The molecule has 4 heteroatoms. The molecule has 0 aliphatic heterocycles. The predicted octanol–water partition coefficient (Wildman–Crippen LogP) is 0.458. The SMILES string of the molecule is Nc1ccnc(NCCCO)c1. The van der Waals surface area contributed by atoms with Crippen LogP contribution in [0.4, 0.5) is 11.5 Å². The summed E-state index contributed by atoms with van der Waals surface area (Å²) in [5.41, 5.74) is 6.22. The first-order valence-electron chi connectivity index (χ1n) is 3.89. The van der Waals surface area contributed by atoms with Gasteiger partial charge in [-0.25, -0.2) is 4.98 Å². The molecular formula is C8H13N3O. The third-order valence-corrected chi connectivity index (χ3v) is 1.43. The summed E-state index contributed by atoms with van der Waals surface area (Å²) in [6.07, 6.45) is 2.37. The van der Waals surface area contributed by atoms with Crippen LogP contribution in [0.1, 0.15) is 6.42 Å². The molecule has 1 heterocycles. The predicted molar refractivity (Wildman–Crippen MR) is 48.8 cm³/mol. The molecule has 0 spiro atoms. The van der Waals surface area contributed by atoms with Gasteiger partial charge in [0.2, 0.25) is 0 Å². The average molecular weight is 167 g/mol. The fourth-order valence-electron chi connectivity index (χ4n) is 0.839. The number of hydrogen-bond acceptors (Lipinski definition) is 4. The van der Waals surface area contributed by atoms with Gasteiger partial charge in [-0.05, 0) is 12.5 Å². The first-order chi connectivity index (χ1) is 5.83. The molecule has 1 aromatic heterocycles. The summed E-state index contributed by atoms with van der Waals surface area (Å²) in [4.78, 5) is 4.04. The Kier molecular flexibility index (Phi) is 3.35. The Balaban J connectivity index is 2.41. The van der Waals surface area contributed by atoms with Crippen LogP contribution in [0.2, 0.25) is 0 Å². The molecule has 0 saturated heterocycles. The van der Waals surface area contributed by atoms with Gasteiger partial charge >= 0.3 is 0 Å². The van der Waals surface area contributed by atoms with Crippen LogP contribution < -0.4 is 11.1 Å². The van der Waals surface area contributed by atoms with E-state index >= 15 is 0 Å². The fraction of sp³-hybridized carbons (Fsp3) is 0.375. The van der Waals surface area contributed by atoms with Gasteiger partial charge in [-0.3, -0.25) is 0 Å². The Bertz CT molecular complexity index is 239. The average Bonchev–Trinajstić information content (AvgIpc) is 2.05. The van der Waals surface area contributed by atoms with E-state index in [1.165, 1.54) is 0 Å². The normalized spacial score (nSPS) is 9.75. The van der Waals surface area contributed by atoms with E-state index in [0.717, 1.165) is 12.2 Å². The number of pyridine rings is 1. The van der Waals surface area contributed by atoms with E-state index in [1.54, 1.807) is 18.3 Å². The van der Waals surface area contributed by atoms with E-state index < -0.39 is 0 Å². The highest BCUT2D eigenvalue weighted by molar-refractivity contribution is 5.48. The van der Waals surface area contributed by atoms with Crippen LogP contribution in [0.3, 0.4) is 0 Å². The second-order valence-electron chi connectivity index (χ2n) is 2.48. The number of aliphatic hydroxyl groups excluding tert-OH is 1. The second-order valence-corrected chi connectivity index (χ2v) is 2.48. The van der Waals surface area contributed by atoms with E-state index in [0.29, 0.717) is 12.2 Å². The number of nitrogen functional groups attached to an aromatic ring is 1. The van der Waals surface area contributed by atoms with Crippen molar-refractivity contribution in [2.45, 2.75) is 6.42 Å². The van der Waals surface area contributed by atoms with Crippen molar-refractivity contribution in [3.05, 3.63) is 18.3 Å². The van der Waals surface area contributed by atoms with Gasteiger partial charge in [-0.2, -0.15) is 0 Å². The fourth-order valence-corrected chi connectivity index (χ4v) is 0.839. The van der Waals surface area contributed by atoms with Crippen molar-refractivity contribution in [2.24, 2.45) is 0 Å². The lowest BCUT2D eigenvalue weighted by Crippen LogP contribution is -2.05. The Labute approximate surface area is 71.4 Å². The van der Waals surface area contributed by atoms with Gasteiger partial charge < -0.3 is 16.2 Å². The highest BCUT2D eigenvalue weighted by Crippen LogP contribution is 2.06. The summed E-state index contributed by atoms with van der Waals surface area (Å²) in [7, 11) is 0. The van der Waals surface area contributed by atoms with Gasteiger partial charge in [0, 0.05) is 31.1 Å². The Hall–Kier alpha value is -1.29. The Morgan fingerprint density at radius 1 is 1.58 bits per heavy atom. The highest BCUT2D eigenvalue weighted by Gasteiger charge is 1.92. The molecule has 66 valence electrons. The maximum atomic E-state index is 8.51. The third kappa shape index (κ3) is 2.75. The molecule has 0 radical (unpaired) electrons. The summed E-state index contributed by atoms with van der Waals surface area (Å²) in [6, 6.07) is 3.49. The topological polar surface area (TPSA) is 71.2 Å². The minimum atomic E-state index is 0.190. The maximum Gasteiger partial charge on any atom is 0.127 e. The lowest BCUT2D eigenvalue weighted by atomic mass is 10.4. The van der Waals surface area contributed by atoms with Crippen molar-refractivity contribution in [1.82, 2.24) is 4.98 Å². The molecule has 12 heavy (non-hydrogen) atoms. The summed E-state index contributed by atoms with van der Waals surface area (Å²) >= 11 is 0. The van der Waals surface area contributed by atoms with E-state index in [-0.39, 0.29) is 6.61 Å². The monoisotopic (exact) mass is 167 g/mol. The smallest absolute Gasteiger partial charge is 0.127 e. The third-order valence-electron chi connectivity index (χ3n) is 1.43. The molecule has 0 aliphatic carbocycles. The van der Waals surface area contributed by atoms with Crippen LogP contribution in [-0.4, -0.2) is 23.2 Å². The molecule has 0 bridgehead atoms. The molecule has 0 unspecified atom stereocenters. The van der Waals surface area contributed by atoms with Crippen LogP contribution in [0, 0.1) is 0 Å². The van der Waals surface area contributed by atoms with Crippen molar-refractivity contribution in [3.63, 3.8) is 0 Å². The Morgan fingerprint density at radius 3 is 3.08 bits per heavy atom. The number of nitrogens with one attached hydrogen (secondary N) is 1. The number of nitrogens with zero attached hydrogens (tertiary/aromatic N) is 1. The van der Waals surface area contributed by atoms with Crippen molar-refractivity contribution in [1.29, 1.82) is 0 Å². The molecule has 0 aromatic carbocycles. The molecule has 0 fully saturated rings. The maximum absolute atomic E-state index is 8.51. The van der Waals surface area contributed by atoms with Crippen LogP contribution in [0.15, 0.2) is 18.3 Å². The van der Waals surface area contributed by atoms with Crippen molar-refractivity contribution >= 4 is 11.5 Å². The number of rotatable bonds is 4. The summed E-state index contributed by atoms with van der Waals surface area (Å²) in [6.45, 7) is 0.905. The lowest BCUT2D eigenvalue weighted by Gasteiger charge is -2.03. The Morgan fingerprint density at radius 2 is 2.42 bits per heavy atom. The molecule has 1 rings (SSSR count). The molecule has 1 aromatic rings. The summed E-state index contributed by atoms with van der Waals surface area (Å²) in [5, 5.41) is 11.5. The second kappa shape index (κ2) is 4.56. The standard InChI is InChI=1S/C8H13N3O/c9-7-2-4-11-8(6-7)10-3-1-5-12/h2,4,6,12H,1,3,5H2,(H3,9,10,11). The van der Waals surface area contributed by atoms with Gasteiger partial charge in [0.15, 0.2) is 0 Å². The number of aliphatic hydroxyl groups is 1. The molecule has 0 aliphatic rings. The zero-order valence-electron chi connectivity index (χ0n) is 6.83. The molecule has 4 nitrogen and oxygen atoms in total. The minimum Gasteiger partial charge on any atom is -0.399 e. The zero-order valence-corrected chi connectivity index (χ0v) is 6.83. The summed E-state index contributed by atoms with van der Waals surface area (Å²) < 4.78 is 0. The van der Waals surface area contributed by atoms with Crippen LogP contribution in [0.25, 0.3) is 0 Å². The molecule has 0 amide bonds. The molecule has 4 N–H and O–H groups in total. The first kappa shape index (κ1) is 8.80. The van der Waals surface area contributed by atoms with Crippen molar-refractivity contribution in [2.75, 3.05) is 24.2 Å². The van der Waals surface area contributed by atoms with Gasteiger partial charge in [-0.15, -0.1) is 0 Å². The largest absolute Gasteiger partial charge is 0.399 e. The highest BCUT2D eigenvalue weighted by atomic mass is 16.3. The number of anilines is 2. The van der Waals surface area contributed by atoms with Crippen molar-refractivity contribution in [3.8, 4) is 0 Å². The molecule has 0 atom stereocenters. The van der Waals surface area contributed by atoms with Crippen LogP contribution >= 0.6 is 0 Å². The number of hydrogen-bond donors (Lipinski definition) is 3. The summed E-state index contributed by atoms with van der Waals surface area (Å²) in [5.74, 6) is 0.753. The van der Waals surface area contributed by atoms with Gasteiger partial charge in [0.1, 0.15) is 5.82 Å². The van der Waals surface area contributed by atoms with Gasteiger partial charge in [0.25, 0.3) is 0 Å². The number of aromatic nitrogens is 1. The van der Waals surface area contributed by atoms with E-state index in [9.17, 15) is 0 Å². The molecule has 0 saturated carbocycles. The van der Waals surface area contributed by atoms with E-state index in [1.807, 2.05) is 0 Å². The van der Waals surface area contributed by atoms with Gasteiger partial charge in [0.05, 0.1) is 0 Å². The van der Waals surface area contributed by atoms with E-state index in [4.69, 9.17) is 10.8 Å². The van der Waals surface area contributed by atoms with E-state index in [2.05, 4.69) is 10.3 Å². The minimum absolute atomic E-state index is 0.190. The quantitative estimate of drug-likeness (QED) is 0.570. The van der Waals surface area contributed by atoms with Crippen LogP contribution in [-0.2, 0) is 0 Å². The number of nitrogens with two attached hydrogens (primary N) is 1. The molecular weight excluding hydrogens is 154 g/mol. The zero-order chi connectivity index (χ0) is 8.81. The first-order valence-corrected chi connectivity index (χ1v) is 3.89. The van der Waals surface area contributed by atoms with Gasteiger partial charge in [-0.1, -0.05) is 0 Å². The lowest BCUT2D eigenvalue weighted by molar-refractivity contribution is 0.292.